The van der Waals surface area contributed by atoms with E-state index >= 15 is 0 Å². The number of primary amides is 1. The highest BCUT2D eigenvalue weighted by molar-refractivity contribution is 6.10. The molecule has 166 valence electrons. The Hall–Kier alpha value is -4.35. The molecule has 0 unspecified atom stereocenters. The molecule has 0 fully saturated rings. The number of ether oxygens (including phenoxy) is 1. The van der Waals surface area contributed by atoms with Gasteiger partial charge in [-0.3, -0.25) is 14.4 Å². The maximum absolute atomic E-state index is 12.5. The second-order valence-corrected chi connectivity index (χ2v) is 6.45. The van der Waals surface area contributed by atoms with E-state index in [2.05, 4.69) is 20.4 Å². The molecule has 0 atom stereocenters. The molecule has 0 spiro atoms. The summed E-state index contributed by atoms with van der Waals surface area (Å²) in [7, 11) is 1.52. The molecule has 0 aliphatic carbocycles. The topological polar surface area (TPSA) is 128 Å². The maximum Gasteiger partial charge on any atom is 0.573 e. The van der Waals surface area contributed by atoms with Crippen LogP contribution >= 0.6 is 0 Å². The number of rotatable bonds is 6. The summed E-state index contributed by atoms with van der Waals surface area (Å²) in [5.41, 5.74) is 5.27. The van der Waals surface area contributed by atoms with Crippen molar-refractivity contribution in [2.75, 3.05) is 10.6 Å². The largest absolute Gasteiger partial charge is 0.573 e. The summed E-state index contributed by atoms with van der Waals surface area (Å²) in [4.78, 5) is 40.1. The molecule has 3 aromatic rings. The maximum atomic E-state index is 12.5. The van der Waals surface area contributed by atoms with Crippen LogP contribution in [0.25, 0.3) is 0 Å². The van der Waals surface area contributed by atoms with Gasteiger partial charge in [-0.15, -0.1) is 13.2 Å². The highest BCUT2D eigenvalue weighted by atomic mass is 19.4. The lowest BCUT2D eigenvalue weighted by atomic mass is 10.2. The van der Waals surface area contributed by atoms with Crippen molar-refractivity contribution in [2.45, 2.75) is 6.36 Å². The first-order valence-corrected chi connectivity index (χ1v) is 8.94. The second kappa shape index (κ2) is 8.79. The number of aromatic nitrogens is 2. The summed E-state index contributed by atoms with van der Waals surface area (Å²) >= 11 is 0. The van der Waals surface area contributed by atoms with Crippen LogP contribution in [0.2, 0.25) is 0 Å². The number of aryl methyl sites for hydroxylation is 1. The minimum atomic E-state index is -4.95. The van der Waals surface area contributed by atoms with Crippen LogP contribution in [-0.4, -0.2) is 33.6 Å². The molecule has 0 bridgehead atoms. The van der Waals surface area contributed by atoms with E-state index in [-0.39, 0.29) is 22.6 Å². The number of carbonyl (C=O) groups excluding carboxylic acids is 3. The fourth-order valence-corrected chi connectivity index (χ4v) is 2.77. The van der Waals surface area contributed by atoms with Crippen molar-refractivity contribution in [1.82, 2.24) is 9.55 Å². The van der Waals surface area contributed by atoms with Gasteiger partial charge in [0.05, 0.1) is 11.9 Å². The highest BCUT2D eigenvalue weighted by Crippen LogP contribution is 2.27. The zero-order chi connectivity index (χ0) is 23.5. The Balaban J connectivity index is 1.71. The van der Waals surface area contributed by atoms with Gasteiger partial charge >= 0.3 is 6.36 Å². The van der Waals surface area contributed by atoms with Gasteiger partial charge in [0.1, 0.15) is 11.4 Å². The molecule has 3 rings (SSSR count). The number of para-hydroxylation sites is 1. The smallest absolute Gasteiger partial charge is 0.405 e. The van der Waals surface area contributed by atoms with Gasteiger partial charge in [-0.1, -0.05) is 12.1 Å². The number of imidazole rings is 1. The van der Waals surface area contributed by atoms with Crippen molar-refractivity contribution >= 4 is 29.1 Å². The van der Waals surface area contributed by atoms with Gasteiger partial charge < -0.3 is 25.7 Å². The van der Waals surface area contributed by atoms with Gasteiger partial charge in [-0.05, 0) is 36.4 Å². The molecule has 1 heterocycles. The molecular formula is C20H16F3N5O4. The number of nitrogens with two attached hydrogens (primary N) is 1. The molecule has 0 aliphatic rings. The number of anilines is 2. The molecular weight excluding hydrogens is 431 g/mol. The Labute approximate surface area is 179 Å². The van der Waals surface area contributed by atoms with Crippen molar-refractivity contribution in [1.29, 1.82) is 0 Å². The van der Waals surface area contributed by atoms with Gasteiger partial charge in [0.15, 0.2) is 5.69 Å². The highest BCUT2D eigenvalue weighted by Gasteiger charge is 2.32. The summed E-state index contributed by atoms with van der Waals surface area (Å²) in [5, 5.41) is 5.01. The molecule has 0 radical (unpaired) electrons. The lowest BCUT2D eigenvalue weighted by Gasteiger charge is -2.13. The van der Waals surface area contributed by atoms with Crippen LogP contribution in [0.1, 0.15) is 31.3 Å². The first-order valence-electron chi connectivity index (χ1n) is 8.94. The molecule has 4 N–H and O–H groups in total. The molecule has 0 saturated heterocycles. The van der Waals surface area contributed by atoms with Crippen molar-refractivity contribution in [3.63, 3.8) is 0 Å². The lowest BCUT2D eigenvalue weighted by Crippen LogP contribution is -2.22. The number of amides is 3. The van der Waals surface area contributed by atoms with Crippen LogP contribution in [0.3, 0.4) is 0 Å². The number of benzene rings is 2. The van der Waals surface area contributed by atoms with E-state index in [1.807, 2.05) is 0 Å². The minimum absolute atomic E-state index is 0.0313. The Morgan fingerprint density at radius 3 is 2.09 bits per heavy atom. The molecule has 12 heteroatoms. The first kappa shape index (κ1) is 22.3. The fourth-order valence-electron chi connectivity index (χ4n) is 2.77. The van der Waals surface area contributed by atoms with E-state index in [1.54, 1.807) is 0 Å². The molecule has 2 aromatic carbocycles. The van der Waals surface area contributed by atoms with Crippen LogP contribution < -0.4 is 21.1 Å². The predicted octanol–water partition coefficient (Wildman–Crippen LogP) is 2.92. The number of alkyl halides is 3. The third-order valence-corrected chi connectivity index (χ3v) is 4.14. The average Bonchev–Trinajstić information content (AvgIpc) is 3.10. The Morgan fingerprint density at radius 1 is 0.969 bits per heavy atom. The molecule has 0 saturated carbocycles. The van der Waals surface area contributed by atoms with Crippen LogP contribution in [-0.2, 0) is 7.05 Å². The zero-order valence-electron chi connectivity index (χ0n) is 16.4. The second-order valence-electron chi connectivity index (χ2n) is 6.45. The standard InChI is InChI=1S/C20H16F3N5O4/c1-28-10-25-15(17(24)29)16(28)19(31)27-12-8-6-11(7-9-12)26-18(30)13-4-2-3-5-14(13)32-20(21,22)23/h2-10H,1H3,(H2,24,29)(H,26,30)(H,27,31). The van der Waals surface area contributed by atoms with Gasteiger partial charge in [-0.25, -0.2) is 4.98 Å². The predicted molar refractivity (Wildman–Crippen MR) is 107 cm³/mol. The van der Waals surface area contributed by atoms with Gasteiger partial charge in [0.25, 0.3) is 17.7 Å². The number of carbonyl (C=O) groups is 3. The summed E-state index contributed by atoms with van der Waals surface area (Å²) < 4.78 is 42.8. The van der Waals surface area contributed by atoms with Crippen LogP contribution in [0.5, 0.6) is 5.75 Å². The summed E-state index contributed by atoms with van der Waals surface area (Å²) in [6.45, 7) is 0. The molecule has 3 amide bonds. The van der Waals surface area contributed by atoms with Gasteiger partial charge in [0, 0.05) is 18.4 Å². The van der Waals surface area contributed by atoms with Crippen molar-refractivity contribution < 1.29 is 32.3 Å². The Bertz CT molecular complexity index is 1170. The normalized spacial score (nSPS) is 11.0. The zero-order valence-corrected chi connectivity index (χ0v) is 16.4. The summed E-state index contributed by atoms with van der Waals surface area (Å²) in [5.74, 6) is -2.94. The molecule has 9 nitrogen and oxygen atoms in total. The van der Waals surface area contributed by atoms with Crippen molar-refractivity contribution in [3.05, 3.63) is 71.8 Å². The van der Waals surface area contributed by atoms with E-state index in [0.29, 0.717) is 5.69 Å². The van der Waals surface area contributed by atoms with E-state index < -0.39 is 29.8 Å². The van der Waals surface area contributed by atoms with Crippen LogP contribution in [0.15, 0.2) is 54.9 Å². The monoisotopic (exact) mass is 447 g/mol. The van der Waals surface area contributed by atoms with E-state index in [9.17, 15) is 27.6 Å². The third-order valence-electron chi connectivity index (χ3n) is 4.14. The quantitative estimate of drug-likeness (QED) is 0.535. The Kier molecular flexibility index (Phi) is 6.14. The molecule has 1 aromatic heterocycles. The minimum Gasteiger partial charge on any atom is -0.405 e. The third kappa shape index (κ3) is 5.22. The summed E-state index contributed by atoms with van der Waals surface area (Å²) in [6, 6.07) is 10.7. The van der Waals surface area contributed by atoms with Crippen molar-refractivity contribution in [2.24, 2.45) is 12.8 Å². The fraction of sp³-hybridized carbons (Fsp3) is 0.100. The first-order chi connectivity index (χ1) is 15.0. The molecule has 32 heavy (non-hydrogen) atoms. The average molecular weight is 447 g/mol. The van der Waals surface area contributed by atoms with Gasteiger partial charge in [-0.2, -0.15) is 0 Å². The SMILES string of the molecule is Cn1cnc(C(N)=O)c1C(=O)Nc1ccc(NC(=O)c2ccccc2OC(F)(F)F)cc1. The van der Waals surface area contributed by atoms with Crippen LogP contribution in [0.4, 0.5) is 24.5 Å². The Morgan fingerprint density at radius 2 is 1.53 bits per heavy atom. The number of hydrogen-bond acceptors (Lipinski definition) is 5. The van der Waals surface area contributed by atoms with Crippen molar-refractivity contribution in [3.8, 4) is 5.75 Å². The summed E-state index contributed by atoms with van der Waals surface area (Å²) in [6.07, 6.45) is -3.67. The van der Waals surface area contributed by atoms with E-state index in [1.165, 1.54) is 60.4 Å². The number of halogens is 3. The number of hydrogen-bond donors (Lipinski definition) is 3. The van der Waals surface area contributed by atoms with Crippen LogP contribution in [0, 0.1) is 0 Å². The molecule has 0 aliphatic heterocycles. The van der Waals surface area contributed by atoms with Gasteiger partial charge in [0.2, 0.25) is 0 Å². The van der Waals surface area contributed by atoms with E-state index in [4.69, 9.17) is 5.73 Å². The number of nitrogens with zero attached hydrogens (tertiary/aromatic N) is 2. The lowest BCUT2D eigenvalue weighted by molar-refractivity contribution is -0.274. The number of nitrogens with one attached hydrogen (secondary N) is 2. The van der Waals surface area contributed by atoms with E-state index in [0.717, 1.165) is 6.07 Å².